The first kappa shape index (κ1) is 28.3. The zero-order valence-electron chi connectivity index (χ0n) is 22.3. The standard InChI is InChI=1S/C31H34FN3O3S/c1-25(2)20-35(39(37,38)30-13-7-4-8-14-30)24-31(36)34(22-26-10-5-3-6-11-26)23-29-12-9-19-33(29)21-27-15-17-28(32)18-16-27/h3-19,25H,20-24H2,1-2H3. The molecule has 0 bridgehead atoms. The van der Waals surface area contributed by atoms with Crippen molar-refractivity contribution in [2.75, 3.05) is 13.1 Å². The molecular formula is C31H34FN3O3S. The van der Waals surface area contributed by atoms with E-state index in [2.05, 4.69) is 0 Å². The Bertz CT molecular complexity index is 1450. The van der Waals surface area contributed by atoms with Crippen molar-refractivity contribution in [3.05, 3.63) is 126 Å². The van der Waals surface area contributed by atoms with Gasteiger partial charge in [0.1, 0.15) is 5.82 Å². The van der Waals surface area contributed by atoms with Crippen LogP contribution in [-0.2, 0) is 34.5 Å². The fraction of sp³-hybridized carbons (Fsp3) is 0.258. The first-order chi connectivity index (χ1) is 18.7. The Morgan fingerprint density at radius 1 is 0.821 bits per heavy atom. The quantitative estimate of drug-likeness (QED) is 0.234. The summed E-state index contributed by atoms with van der Waals surface area (Å²) < 4.78 is 43.7. The molecule has 0 saturated heterocycles. The van der Waals surface area contributed by atoms with Crippen LogP contribution in [0.4, 0.5) is 4.39 Å². The predicted molar refractivity (Wildman–Crippen MR) is 151 cm³/mol. The van der Waals surface area contributed by atoms with Gasteiger partial charge in [0.2, 0.25) is 15.9 Å². The van der Waals surface area contributed by atoms with E-state index < -0.39 is 10.0 Å². The minimum absolute atomic E-state index is 0.0341. The number of hydrogen-bond donors (Lipinski definition) is 0. The molecule has 8 heteroatoms. The van der Waals surface area contributed by atoms with Gasteiger partial charge in [0.25, 0.3) is 0 Å². The van der Waals surface area contributed by atoms with E-state index in [1.54, 1.807) is 47.4 Å². The molecule has 0 atom stereocenters. The number of benzene rings is 3. The summed E-state index contributed by atoms with van der Waals surface area (Å²) in [6.07, 6.45) is 1.93. The summed E-state index contributed by atoms with van der Waals surface area (Å²) in [5.41, 5.74) is 2.78. The minimum atomic E-state index is -3.86. The number of sulfonamides is 1. The van der Waals surface area contributed by atoms with Gasteiger partial charge in [0, 0.05) is 31.5 Å². The average molecular weight is 548 g/mol. The van der Waals surface area contributed by atoms with Crippen LogP contribution in [0.3, 0.4) is 0 Å². The molecule has 0 aliphatic carbocycles. The SMILES string of the molecule is CC(C)CN(CC(=O)N(Cc1ccccc1)Cc1cccn1Cc1ccc(F)cc1)S(=O)(=O)c1ccccc1. The van der Waals surface area contributed by atoms with E-state index in [-0.39, 0.29) is 35.6 Å². The molecule has 0 spiro atoms. The summed E-state index contributed by atoms with van der Waals surface area (Å²) in [4.78, 5) is 15.7. The molecular weight excluding hydrogens is 513 g/mol. The number of rotatable bonds is 12. The lowest BCUT2D eigenvalue weighted by atomic mass is 10.2. The van der Waals surface area contributed by atoms with Crippen molar-refractivity contribution < 1.29 is 17.6 Å². The van der Waals surface area contributed by atoms with E-state index in [9.17, 15) is 17.6 Å². The van der Waals surface area contributed by atoms with E-state index in [1.807, 2.05) is 67.1 Å². The van der Waals surface area contributed by atoms with Crippen LogP contribution < -0.4 is 0 Å². The molecule has 0 saturated carbocycles. The van der Waals surface area contributed by atoms with Gasteiger partial charge in [0.15, 0.2) is 0 Å². The molecule has 4 aromatic rings. The molecule has 0 aliphatic heterocycles. The molecule has 39 heavy (non-hydrogen) atoms. The zero-order valence-corrected chi connectivity index (χ0v) is 23.1. The average Bonchev–Trinajstić information content (AvgIpc) is 3.36. The predicted octanol–water partition coefficient (Wildman–Crippen LogP) is 5.55. The van der Waals surface area contributed by atoms with Gasteiger partial charge in [-0.05, 0) is 53.4 Å². The van der Waals surface area contributed by atoms with Gasteiger partial charge in [0.05, 0.1) is 18.0 Å². The topological polar surface area (TPSA) is 62.6 Å². The third kappa shape index (κ3) is 7.65. The van der Waals surface area contributed by atoms with E-state index in [0.29, 0.717) is 19.6 Å². The second kappa shape index (κ2) is 12.9. The van der Waals surface area contributed by atoms with Crippen LogP contribution in [0.1, 0.15) is 30.7 Å². The fourth-order valence-electron chi connectivity index (χ4n) is 4.41. The number of carbonyl (C=O) groups excluding carboxylic acids is 1. The summed E-state index contributed by atoms with van der Waals surface area (Å²) in [5, 5.41) is 0. The maximum Gasteiger partial charge on any atom is 0.243 e. The van der Waals surface area contributed by atoms with Gasteiger partial charge < -0.3 is 9.47 Å². The lowest BCUT2D eigenvalue weighted by Gasteiger charge is -2.29. The third-order valence-corrected chi connectivity index (χ3v) is 8.20. The van der Waals surface area contributed by atoms with Crippen LogP contribution in [0.5, 0.6) is 0 Å². The smallest absolute Gasteiger partial charge is 0.243 e. The number of hydrogen-bond acceptors (Lipinski definition) is 3. The van der Waals surface area contributed by atoms with E-state index in [0.717, 1.165) is 16.8 Å². The minimum Gasteiger partial charge on any atom is -0.345 e. The Labute approximate surface area is 230 Å². The molecule has 1 aromatic heterocycles. The van der Waals surface area contributed by atoms with Gasteiger partial charge in [-0.25, -0.2) is 12.8 Å². The van der Waals surface area contributed by atoms with Gasteiger partial charge in [-0.2, -0.15) is 4.31 Å². The largest absolute Gasteiger partial charge is 0.345 e. The van der Waals surface area contributed by atoms with Crippen molar-refractivity contribution in [2.45, 2.75) is 38.4 Å². The third-order valence-electron chi connectivity index (χ3n) is 6.37. The maximum atomic E-state index is 13.8. The molecule has 0 N–H and O–H groups in total. The van der Waals surface area contributed by atoms with Gasteiger partial charge >= 0.3 is 0 Å². The van der Waals surface area contributed by atoms with Crippen LogP contribution in [-0.4, -0.2) is 41.2 Å². The van der Waals surface area contributed by atoms with Crippen molar-refractivity contribution in [3.63, 3.8) is 0 Å². The second-order valence-corrected chi connectivity index (χ2v) is 11.9. The molecule has 0 radical (unpaired) electrons. The van der Waals surface area contributed by atoms with Gasteiger partial charge in [-0.3, -0.25) is 4.79 Å². The van der Waals surface area contributed by atoms with Crippen LogP contribution in [0.15, 0.2) is 108 Å². The molecule has 0 unspecified atom stereocenters. The first-order valence-corrected chi connectivity index (χ1v) is 14.4. The van der Waals surface area contributed by atoms with Crippen molar-refractivity contribution >= 4 is 15.9 Å². The van der Waals surface area contributed by atoms with Crippen LogP contribution in [0.25, 0.3) is 0 Å². The van der Waals surface area contributed by atoms with Crippen LogP contribution in [0.2, 0.25) is 0 Å². The van der Waals surface area contributed by atoms with Crippen LogP contribution >= 0.6 is 0 Å². The highest BCUT2D eigenvalue weighted by Gasteiger charge is 2.29. The van der Waals surface area contributed by atoms with E-state index in [1.165, 1.54) is 16.4 Å². The summed E-state index contributed by atoms with van der Waals surface area (Å²) in [5.74, 6) is -0.539. The highest BCUT2D eigenvalue weighted by atomic mass is 32.2. The Morgan fingerprint density at radius 3 is 2.10 bits per heavy atom. The lowest BCUT2D eigenvalue weighted by Crippen LogP contribution is -2.44. The summed E-state index contributed by atoms with van der Waals surface area (Å²) in [7, 11) is -3.86. The van der Waals surface area contributed by atoms with Gasteiger partial charge in [-0.1, -0.05) is 74.5 Å². The Kier molecular flexibility index (Phi) is 9.32. The van der Waals surface area contributed by atoms with Crippen molar-refractivity contribution in [2.24, 2.45) is 5.92 Å². The number of nitrogens with zero attached hydrogens (tertiary/aromatic N) is 3. The zero-order chi connectivity index (χ0) is 27.8. The summed E-state index contributed by atoms with van der Waals surface area (Å²) >= 11 is 0. The molecule has 6 nitrogen and oxygen atoms in total. The molecule has 0 aliphatic rings. The van der Waals surface area contributed by atoms with E-state index >= 15 is 0 Å². The Morgan fingerprint density at radius 2 is 1.46 bits per heavy atom. The van der Waals surface area contributed by atoms with Crippen LogP contribution in [0, 0.1) is 11.7 Å². The number of aromatic nitrogens is 1. The normalized spacial score (nSPS) is 11.7. The molecule has 1 heterocycles. The fourth-order valence-corrected chi connectivity index (χ4v) is 5.99. The van der Waals surface area contributed by atoms with Crippen molar-refractivity contribution in [1.82, 2.24) is 13.8 Å². The Balaban J connectivity index is 1.60. The lowest BCUT2D eigenvalue weighted by molar-refractivity contribution is -0.132. The molecule has 4 rings (SSSR count). The monoisotopic (exact) mass is 547 g/mol. The number of amides is 1. The van der Waals surface area contributed by atoms with Crippen molar-refractivity contribution in [1.29, 1.82) is 0 Å². The molecule has 0 fully saturated rings. The first-order valence-electron chi connectivity index (χ1n) is 13.0. The second-order valence-electron chi connectivity index (χ2n) is 9.99. The number of halogens is 1. The highest BCUT2D eigenvalue weighted by molar-refractivity contribution is 7.89. The summed E-state index contributed by atoms with van der Waals surface area (Å²) in [6, 6.07) is 28.1. The van der Waals surface area contributed by atoms with Gasteiger partial charge in [-0.15, -0.1) is 0 Å². The highest BCUT2D eigenvalue weighted by Crippen LogP contribution is 2.19. The molecule has 3 aromatic carbocycles. The molecule has 204 valence electrons. The van der Waals surface area contributed by atoms with E-state index in [4.69, 9.17) is 0 Å². The summed E-state index contributed by atoms with van der Waals surface area (Å²) in [6.45, 7) is 4.98. The van der Waals surface area contributed by atoms with Crippen molar-refractivity contribution in [3.8, 4) is 0 Å². The number of carbonyl (C=O) groups is 1. The molecule has 1 amide bonds. The Hall–Kier alpha value is -3.75. The maximum absolute atomic E-state index is 13.8.